The molecule has 1 N–H and O–H groups in total. The number of carbonyl (C=O) groups excluding carboxylic acids is 3. The molecular formula is C19H18ClN3O3. The third-order valence-corrected chi connectivity index (χ3v) is 4.96. The zero-order valence-corrected chi connectivity index (χ0v) is 15.4. The Labute approximate surface area is 156 Å². The van der Waals surface area contributed by atoms with Crippen LogP contribution in [0.3, 0.4) is 0 Å². The molecule has 0 radical (unpaired) electrons. The molecule has 4 amide bonds. The molecule has 7 heteroatoms. The van der Waals surface area contributed by atoms with E-state index in [1.807, 2.05) is 31.5 Å². The fraction of sp³-hybridized carbons (Fsp3) is 0.211. The van der Waals surface area contributed by atoms with Crippen molar-refractivity contribution in [2.45, 2.75) is 20.4 Å². The molecule has 3 rings (SSSR count). The number of aromatic nitrogens is 1. The molecular weight excluding hydrogens is 354 g/mol. The van der Waals surface area contributed by atoms with Crippen molar-refractivity contribution in [1.82, 2.24) is 14.8 Å². The van der Waals surface area contributed by atoms with Crippen molar-refractivity contribution in [3.05, 3.63) is 63.4 Å². The number of urea groups is 1. The van der Waals surface area contributed by atoms with Crippen molar-refractivity contribution < 1.29 is 14.4 Å². The van der Waals surface area contributed by atoms with Gasteiger partial charge < -0.3 is 4.57 Å². The van der Waals surface area contributed by atoms with E-state index in [1.54, 1.807) is 24.3 Å². The van der Waals surface area contributed by atoms with Gasteiger partial charge in [-0.25, -0.2) is 4.79 Å². The van der Waals surface area contributed by atoms with Gasteiger partial charge in [0, 0.05) is 23.5 Å². The van der Waals surface area contributed by atoms with Gasteiger partial charge >= 0.3 is 6.03 Å². The molecule has 0 bridgehead atoms. The molecule has 0 aliphatic carbocycles. The zero-order chi connectivity index (χ0) is 19.0. The van der Waals surface area contributed by atoms with Crippen molar-refractivity contribution in [1.29, 1.82) is 0 Å². The average molecular weight is 372 g/mol. The molecule has 1 aliphatic heterocycles. The second kappa shape index (κ2) is 6.80. The molecule has 1 aromatic carbocycles. The molecule has 1 aliphatic rings. The first-order valence-electron chi connectivity index (χ1n) is 8.04. The van der Waals surface area contributed by atoms with Crippen LogP contribution in [0.25, 0.3) is 6.08 Å². The number of hydrogen-bond donors (Lipinski definition) is 1. The molecule has 0 unspecified atom stereocenters. The summed E-state index contributed by atoms with van der Waals surface area (Å²) in [7, 11) is 1.91. The average Bonchev–Trinajstić information content (AvgIpc) is 2.84. The molecule has 26 heavy (non-hydrogen) atoms. The fourth-order valence-electron chi connectivity index (χ4n) is 2.82. The van der Waals surface area contributed by atoms with Crippen LogP contribution in [0.2, 0.25) is 5.02 Å². The molecule has 2 aromatic rings. The Morgan fingerprint density at radius 2 is 1.85 bits per heavy atom. The summed E-state index contributed by atoms with van der Waals surface area (Å²) in [5.74, 6) is -1.34. The van der Waals surface area contributed by atoms with Crippen LogP contribution in [0, 0.1) is 13.8 Å². The quantitative estimate of drug-likeness (QED) is 0.666. The van der Waals surface area contributed by atoms with Crippen LogP contribution in [0.5, 0.6) is 0 Å². The largest absolute Gasteiger partial charge is 0.352 e. The van der Waals surface area contributed by atoms with Crippen LogP contribution >= 0.6 is 11.6 Å². The monoisotopic (exact) mass is 371 g/mol. The second-order valence-electron chi connectivity index (χ2n) is 6.19. The molecule has 134 valence electrons. The third-order valence-electron chi connectivity index (χ3n) is 4.59. The first-order valence-corrected chi connectivity index (χ1v) is 8.42. The minimum absolute atomic E-state index is 0.0121. The molecule has 2 heterocycles. The third kappa shape index (κ3) is 3.15. The SMILES string of the molecule is Cc1cc(/C=C2/C(=O)NC(=O)N(Cc3ccccc3Cl)C2=O)c(C)n1C. The summed E-state index contributed by atoms with van der Waals surface area (Å²) < 4.78 is 1.96. The van der Waals surface area contributed by atoms with Crippen molar-refractivity contribution in [2.24, 2.45) is 7.05 Å². The summed E-state index contributed by atoms with van der Waals surface area (Å²) in [5.41, 5.74) is 3.23. The number of benzene rings is 1. The first kappa shape index (κ1) is 17.9. The van der Waals surface area contributed by atoms with Crippen LogP contribution < -0.4 is 5.32 Å². The van der Waals surface area contributed by atoms with Gasteiger partial charge in [-0.3, -0.25) is 19.8 Å². The van der Waals surface area contributed by atoms with Gasteiger partial charge in [0.1, 0.15) is 5.57 Å². The number of rotatable bonds is 3. The van der Waals surface area contributed by atoms with Gasteiger partial charge in [0.05, 0.1) is 6.54 Å². The number of halogens is 1. The Hall–Kier alpha value is -2.86. The normalized spacial score (nSPS) is 16.4. The number of carbonyl (C=O) groups is 3. The highest BCUT2D eigenvalue weighted by Crippen LogP contribution is 2.22. The summed E-state index contributed by atoms with van der Waals surface area (Å²) >= 11 is 6.12. The lowest BCUT2D eigenvalue weighted by atomic mass is 10.1. The van der Waals surface area contributed by atoms with Crippen molar-refractivity contribution >= 4 is 35.5 Å². The van der Waals surface area contributed by atoms with Gasteiger partial charge in [0.25, 0.3) is 11.8 Å². The predicted molar refractivity (Wildman–Crippen MR) is 98.4 cm³/mol. The van der Waals surface area contributed by atoms with E-state index in [4.69, 9.17) is 11.6 Å². The number of amides is 4. The maximum absolute atomic E-state index is 12.8. The minimum atomic E-state index is -0.752. The minimum Gasteiger partial charge on any atom is -0.352 e. The van der Waals surface area contributed by atoms with Gasteiger partial charge in [0.2, 0.25) is 0 Å². The topological polar surface area (TPSA) is 71.4 Å². The van der Waals surface area contributed by atoms with E-state index in [-0.39, 0.29) is 12.1 Å². The Morgan fingerprint density at radius 3 is 2.46 bits per heavy atom. The summed E-state index contributed by atoms with van der Waals surface area (Å²) in [6.07, 6.45) is 1.52. The predicted octanol–water partition coefficient (Wildman–Crippen LogP) is 2.96. The van der Waals surface area contributed by atoms with E-state index in [2.05, 4.69) is 5.32 Å². The Kier molecular flexibility index (Phi) is 4.70. The lowest BCUT2D eigenvalue weighted by molar-refractivity contribution is -0.130. The number of imide groups is 2. The second-order valence-corrected chi connectivity index (χ2v) is 6.59. The zero-order valence-electron chi connectivity index (χ0n) is 14.7. The Bertz CT molecular complexity index is 959. The van der Waals surface area contributed by atoms with E-state index in [0.717, 1.165) is 21.9 Å². The van der Waals surface area contributed by atoms with Crippen LogP contribution in [0.15, 0.2) is 35.9 Å². The standard InChI is InChI=1S/C19H18ClN3O3/c1-11-8-14(12(2)22(11)3)9-15-17(24)21-19(26)23(18(15)25)10-13-6-4-5-7-16(13)20/h4-9H,10H2,1-3H3,(H,21,24,26)/b15-9-. The number of barbiturate groups is 1. The van der Waals surface area contributed by atoms with Gasteiger partial charge in [0.15, 0.2) is 0 Å². The Balaban J connectivity index is 1.96. The molecule has 0 spiro atoms. The number of nitrogens with zero attached hydrogens (tertiary/aromatic N) is 2. The number of hydrogen-bond acceptors (Lipinski definition) is 3. The van der Waals surface area contributed by atoms with Crippen molar-refractivity contribution in [2.75, 3.05) is 0 Å². The summed E-state index contributed by atoms with van der Waals surface area (Å²) in [4.78, 5) is 38.1. The van der Waals surface area contributed by atoms with Crippen molar-refractivity contribution in [3.8, 4) is 0 Å². The number of nitrogens with one attached hydrogen (secondary N) is 1. The van der Waals surface area contributed by atoms with Crippen LogP contribution in [0.4, 0.5) is 4.79 Å². The van der Waals surface area contributed by atoms with E-state index >= 15 is 0 Å². The van der Waals surface area contributed by atoms with E-state index in [0.29, 0.717) is 10.6 Å². The highest BCUT2D eigenvalue weighted by molar-refractivity contribution is 6.32. The van der Waals surface area contributed by atoms with Gasteiger partial charge in [-0.2, -0.15) is 0 Å². The van der Waals surface area contributed by atoms with Crippen LogP contribution in [0.1, 0.15) is 22.5 Å². The lowest BCUT2D eigenvalue weighted by Crippen LogP contribution is -2.53. The molecule has 6 nitrogen and oxygen atoms in total. The van der Waals surface area contributed by atoms with Gasteiger partial charge in [-0.05, 0) is 43.2 Å². The van der Waals surface area contributed by atoms with Crippen LogP contribution in [-0.4, -0.2) is 27.3 Å². The summed E-state index contributed by atoms with van der Waals surface area (Å²) in [5, 5.41) is 2.67. The Morgan fingerprint density at radius 1 is 1.15 bits per heavy atom. The van der Waals surface area contributed by atoms with Crippen LogP contribution in [-0.2, 0) is 23.2 Å². The lowest BCUT2D eigenvalue weighted by Gasteiger charge is -2.26. The first-order chi connectivity index (χ1) is 12.3. The molecule has 0 atom stereocenters. The highest BCUT2D eigenvalue weighted by atomic mass is 35.5. The van der Waals surface area contributed by atoms with E-state index in [1.165, 1.54) is 6.08 Å². The number of aryl methyl sites for hydroxylation is 1. The molecule has 1 fully saturated rings. The van der Waals surface area contributed by atoms with Crippen molar-refractivity contribution in [3.63, 3.8) is 0 Å². The maximum atomic E-state index is 12.8. The van der Waals surface area contributed by atoms with Gasteiger partial charge in [-0.1, -0.05) is 29.8 Å². The molecule has 1 aromatic heterocycles. The molecule has 0 saturated carbocycles. The highest BCUT2D eigenvalue weighted by Gasteiger charge is 2.36. The molecule has 1 saturated heterocycles. The van der Waals surface area contributed by atoms with Gasteiger partial charge in [-0.15, -0.1) is 0 Å². The summed E-state index contributed by atoms with van der Waals surface area (Å²) in [6.45, 7) is 3.82. The fourth-order valence-corrected chi connectivity index (χ4v) is 3.02. The van der Waals surface area contributed by atoms with E-state index < -0.39 is 17.8 Å². The maximum Gasteiger partial charge on any atom is 0.331 e. The van der Waals surface area contributed by atoms with E-state index in [9.17, 15) is 14.4 Å². The smallest absolute Gasteiger partial charge is 0.331 e. The summed E-state index contributed by atoms with van der Waals surface area (Å²) in [6, 6.07) is 8.08.